The maximum Gasteiger partial charge on any atom is 0.370 e. The molecule has 0 aliphatic carbocycles. The predicted molar refractivity (Wildman–Crippen MR) is 48.4 cm³/mol. The number of hydrogen-bond acceptors (Lipinski definition) is 5. The first-order valence-electron chi connectivity index (χ1n) is 3.60. The minimum Gasteiger partial charge on any atom is -0.444 e. The Morgan fingerprint density at radius 3 is 2.85 bits per heavy atom. The summed E-state index contributed by atoms with van der Waals surface area (Å²) >= 11 is 1.18. The van der Waals surface area contributed by atoms with Gasteiger partial charge in [-0.3, -0.25) is 0 Å². The Hall–Kier alpha value is -1.41. The van der Waals surface area contributed by atoms with Crippen LogP contribution in [0.2, 0.25) is 0 Å². The lowest BCUT2D eigenvalue weighted by molar-refractivity contribution is 0.0437. The molecule has 5 heteroatoms. The van der Waals surface area contributed by atoms with Gasteiger partial charge in [0.05, 0.1) is 0 Å². The Kier molecular flexibility index (Phi) is 2.98. The topological polar surface area (TPSA) is 52.1 Å². The first-order valence-corrected chi connectivity index (χ1v) is 4.42. The molecule has 1 aromatic rings. The number of carbonyl (C=O) groups excluding carboxylic acids is 1. The van der Waals surface area contributed by atoms with Gasteiger partial charge in [-0.05, 0) is 13.8 Å². The zero-order valence-corrected chi connectivity index (χ0v) is 8.09. The summed E-state index contributed by atoms with van der Waals surface area (Å²) in [6, 6.07) is 0. The summed E-state index contributed by atoms with van der Waals surface area (Å²) in [6.07, 6.45) is 4.51. The third-order valence-corrected chi connectivity index (χ3v) is 2.04. The van der Waals surface area contributed by atoms with Crippen LogP contribution in [-0.4, -0.2) is 22.3 Å². The van der Waals surface area contributed by atoms with Crippen molar-refractivity contribution >= 4 is 17.3 Å². The van der Waals surface area contributed by atoms with Crippen LogP contribution in [0.15, 0.2) is 0 Å². The summed E-state index contributed by atoms with van der Waals surface area (Å²) in [6.45, 7) is 3.38. The Morgan fingerprint density at radius 1 is 1.69 bits per heavy atom. The third-order valence-electron chi connectivity index (χ3n) is 1.22. The zero-order valence-electron chi connectivity index (χ0n) is 7.27. The highest BCUT2D eigenvalue weighted by molar-refractivity contribution is 7.13. The second-order valence-corrected chi connectivity index (χ2v) is 3.52. The van der Waals surface area contributed by atoms with Crippen molar-refractivity contribution in [1.82, 2.24) is 10.2 Å². The first kappa shape index (κ1) is 9.68. The standard InChI is InChI=1S/C8H8N2O2S/c1-4-5(2)12-8(11)7-10-9-6(3)13-7/h1,5H,2-3H3. The van der Waals surface area contributed by atoms with E-state index >= 15 is 0 Å². The number of aryl methyl sites for hydroxylation is 1. The Balaban J connectivity index is 2.65. The fourth-order valence-corrected chi connectivity index (χ4v) is 1.20. The van der Waals surface area contributed by atoms with Gasteiger partial charge in [0, 0.05) is 0 Å². The monoisotopic (exact) mass is 196 g/mol. The molecule has 1 rings (SSSR count). The van der Waals surface area contributed by atoms with E-state index in [1.165, 1.54) is 11.3 Å². The molecule has 0 saturated heterocycles. The Bertz CT molecular complexity index is 353. The van der Waals surface area contributed by atoms with Gasteiger partial charge in [-0.15, -0.1) is 16.6 Å². The number of terminal acetylenes is 1. The molecule has 13 heavy (non-hydrogen) atoms. The molecule has 1 aromatic heterocycles. The second-order valence-electron chi connectivity index (χ2n) is 2.34. The highest BCUT2D eigenvalue weighted by Gasteiger charge is 2.14. The maximum atomic E-state index is 11.2. The molecule has 0 spiro atoms. The molecule has 4 nitrogen and oxygen atoms in total. The fourth-order valence-electron chi connectivity index (χ4n) is 0.624. The van der Waals surface area contributed by atoms with Crippen LogP contribution in [0.25, 0.3) is 0 Å². The molecule has 0 aromatic carbocycles. The maximum absolute atomic E-state index is 11.2. The van der Waals surface area contributed by atoms with Gasteiger partial charge in [0.1, 0.15) is 5.01 Å². The van der Waals surface area contributed by atoms with Crippen molar-refractivity contribution in [1.29, 1.82) is 0 Å². The van der Waals surface area contributed by atoms with Crippen LogP contribution in [-0.2, 0) is 4.74 Å². The molecule has 68 valence electrons. The molecular weight excluding hydrogens is 188 g/mol. The molecule has 0 N–H and O–H groups in total. The van der Waals surface area contributed by atoms with Crippen molar-refractivity contribution < 1.29 is 9.53 Å². The third kappa shape index (κ3) is 2.53. The van der Waals surface area contributed by atoms with E-state index in [2.05, 4.69) is 16.1 Å². The Morgan fingerprint density at radius 2 is 2.38 bits per heavy atom. The Labute approximate surface area is 79.9 Å². The number of hydrogen-bond donors (Lipinski definition) is 0. The number of esters is 1. The molecular formula is C8H8N2O2S. The first-order chi connectivity index (χ1) is 6.13. The smallest absolute Gasteiger partial charge is 0.370 e. The molecule has 0 radical (unpaired) electrons. The summed E-state index contributed by atoms with van der Waals surface area (Å²) in [5.41, 5.74) is 0. The van der Waals surface area contributed by atoms with E-state index in [1.807, 2.05) is 0 Å². The van der Waals surface area contributed by atoms with Gasteiger partial charge in [-0.2, -0.15) is 0 Å². The van der Waals surface area contributed by atoms with Gasteiger partial charge in [0.15, 0.2) is 6.10 Å². The van der Waals surface area contributed by atoms with Crippen molar-refractivity contribution in [2.45, 2.75) is 20.0 Å². The van der Waals surface area contributed by atoms with Crippen molar-refractivity contribution in [3.63, 3.8) is 0 Å². The van der Waals surface area contributed by atoms with Crippen LogP contribution in [0.1, 0.15) is 21.7 Å². The number of nitrogens with zero attached hydrogens (tertiary/aromatic N) is 2. The van der Waals surface area contributed by atoms with Crippen LogP contribution < -0.4 is 0 Å². The molecule has 1 heterocycles. The average molecular weight is 196 g/mol. The molecule has 0 aliphatic heterocycles. The second kappa shape index (κ2) is 4.01. The van der Waals surface area contributed by atoms with Crippen LogP contribution in [0.4, 0.5) is 0 Å². The van der Waals surface area contributed by atoms with E-state index in [-0.39, 0.29) is 5.01 Å². The van der Waals surface area contributed by atoms with E-state index in [4.69, 9.17) is 11.2 Å². The lowest BCUT2D eigenvalue weighted by Gasteiger charge is -2.03. The van der Waals surface area contributed by atoms with Gasteiger partial charge in [-0.1, -0.05) is 17.3 Å². The number of aromatic nitrogens is 2. The van der Waals surface area contributed by atoms with E-state index in [0.717, 1.165) is 5.01 Å². The summed E-state index contributed by atoms with van der Waals surface area (Å²) in [7, 11) is 0. The molecule has 0 fully saturated rings. The molecule has 0 saturated carbocycles. The van der Waals surface area contributed by atoms with Gasteiger partial charge < -0.3 is 4.74 Å². The number of carbonyl (C=O) groups is 1. The SMILES string of the molecule is C#CC(C)OC(=O)c1nnc(C)s1. The van der Waals surface area contributed by atoms with E-state index in [1.54, 1.807) is 13.8 Å². The molecule has 0 bridgehead atoms. The van der Waals surface area contributed by atoms with Crippen molar-refractivity contribution in [3.05, 3.63) is 10.0 Å². The van der Waals surface area contributed by atoms with Crippen LogP contribution in [0.5, 0.6) is 0 Å². The van der Waals surface area contributed by atoms with Crippen molar-refractivity contribution in [3.8, 4) is 12.3 Å². The van der Waals surface area contributed by atoms with Crippen LogP contribution in [0, 0.1) is 19.3 Å². The zero-order chi connectivity index (χ0) is 9.84. The summed E-state index contributed by atoms with van der Waals surface area (Å²) in [4.78, 5) is 11.2. The van der Waals surface area contributed by atoms with Crippen LogP contribution >= 0.6 is 11.3 Å². The van der Waals surface area contributed by atoms with Gasteiger partial charge in [0.2, 0.25) is 5.01 Å². The molecule has 1 atom stereocenters. The summed E-state index contributed by atoms with van der Waals surface area (Å²) in [5, 5.41) is 8.27. The lowest BCUT2D eigenvalue weighted by Crippen LogP contribution is -2.12. The lowest BCUT2D eigenvalue weighted by atomic mass is 10.4. The minimum absolute atomic E-state index is 0.236. The minimum atomic E-state index is -0.531. The molecule has 1 unspecified atom stereocenters. The van der Waals surface area contributed by atoms with E-state index in [9.17, 15) is 4.79 Å². The van der Waals surface area contributed by atoms with Crippen molar-refractivity contribution in [2.75, 3.05) is 0 Å². The average Bonchev–Trinajstić information content (AvgIpc) is 2.51. The quantitative estimate of drug-likeness (QED) is 0.523. The fraction of sp³-hybridized carbons (Fsp3) is 0.375. The van der Waals surface area contributed by atoms with Crippen LogP contribution in [0.3, 0.4) is 0 Å². The van der Waals surface area contributed by atoms with Gasteiger partial charge in [-0.25, -0.2) is 4.79 Å². The number of rotatable bonds is 2. The highest BCUT2D eigenvalue weighted by Crippen LogP contribution is 2.09. The highest BCUT2D eigenvalue weighted by atomic mass is 32.1. The summed E-state index contributed by atoms with van der Waals surface area (Å²) in [5.74, 6) is 1.77. The molecule has 0 amide bonds. The van der Waals surface area contributed by atoms with Gasteiger partial charge >= 0.3 is 5.97 Å². The van der Waals surface area contributed by atoms with E-state index < -0.39 is 12.1 Å². The largest absolute Gasteiger partial charge is 0.444 e. The predicted octanol–water partition coefficient (Wildman–Crippen LogP) is 1.03. The normalized spacial score (nSPS) is 11.8. The van der Waals surface area contributed by atoms with Crippen molar-refractivity contribution in [2.24, 2.45) is 0 Å². The van der Waals surface area contributed by atoms with E-state index in [0.29, 0.717) is 0 Å². The molecule has 0 aliphatic rings. The number of ether oxygens (including phenoxy) is 1. The van der Waals surface area contributed by atoms with Gasteiger partial charge in [0.25, 0.3) is 0 Å². The summed E-state index contributed by atoms with van der Waals surface area (Å²) < 4.78 is 4.83.